The van der Waals surface area contributed by atoms with Crippen molar-refractivity contribution < 1.29 is 9.59 Å². The van der Waals surface area contributed by atoms with E-state index in [2.05, 4.69) is 20.9 Å². The molecule has 3 N–H and O–H groups in total. The van der Waals surface area contributed by atoms with Crippen molar-refractivity contribution in [3.05, 3.63) is 29.8 Å². The fourth-order valence-electron chi connectivity index (χ4n) is 4.00. The number of aliphatic imine (C=N–C) groups is 1. The first-order valence-corrected chi connectivity index (χ1v) is 10.8. The van der Waals surface area contributed by atoms with Crippen LogP contribution in [-0.4, -0.2) is 44.5 Å². The Kier molecular flexibility index (Phi) is 10.4. The molecule has 0 spiro atoms. The van der Waals surface area contributed by atoms with Crippen LogP contribution in [0.15, 0.2) is 29.3 Å². The van der Waals surface area contributed by atoms with Crippen molar-refractivity contribution in [1.29, 1.82) is 0 Å². The SMILES string of the molecule is CN=C(NCCNC(=O)C1CCCCC1)NCc1ccc(N2CCCC2=O)cc1.I. The highest BCUT2D eigenvalue weighted by molar-refractivity contribution is 14.0. The second-order valence-electron chi connectivity index (χ2n) is 7.79. The van der Waals surface area contributed by atoms with Crippen LogP contribution in [0.25, 0.3) is 0 Å². The zero-order valence-electron chi connectivity index (χ0n) is 17.8. The zero-order valence-corrected chi connectivity index (χ0v) is 20.1. The number of guanidine groups is 1. The van der Waals surface area contributed by atoms with Crippen molar-refractivity contribution in [2.24, 2.45) is 10.9 Å². The van der Waals surface area contributed by atoms with Crippen LogP contribution >= 0.6 is 24.0 Å². The zero-order chi connectivity index (χ0) is 20.5. The lowest BCUT2D eigenvalue weighted by molar-refractivity contribution is -0.125. The van der Waals surface area contributed by atoms with Crippen molar-refractivity contribution in [3.8, 4) is 0 Å². The van der Waals surface area contributed by atoms with E-state index < -0.39 is 0 Å². The van der Waals surface area contributed by atoms with Crippen LogP contribution in [-0.2, 0) is 16.1 Å². The minimum absolute atomic E-state index is 0. The van der Waals surface area contributed by atoms with Gasteiger partial charge in [0.05, 0.1) is 0 Å². The molecule has 166 valence electrons. The Bertz CT molecular complexity index is 717. The van der Waals surface area contributed by atoms with Crippen molar-refractivity contribution in [2.75, 3.05) is 31.6 Å². The van der Waals surface area contributed by atoms with Gasteiger partial charge in [0.1, 0.15) is 0 Å². The van der Waals surface area contributed by atoms with Gasteiger partial charge in [0.15, 0.2) is 5.96 Å². The molecule has 7 nitrogen and oxygen atoms in total. The summed E-state index contributed by atoms with van der Waals surface area (Å²) in [5.74, 6) is 1.29. The average molecular weight is 527 g/mol. The fraction of sp³-hybridized carbons (Fsp3) is 0.591. The number of hydrogen-bond acceptors (Lipinski definition) is 3. The molecule has 3 rings (SSSR count). The lowest BCUT2D eigenvalue weighted by atomic mass is 9.89. The Balaban J connectivity index is 0.00000320. The van der Waals surface area contributed by atoms with Gasteiger partial charge in [-0.2, -0.15) is 0 Å². The Morgan fingerprint density at radius 1 is 1.03 bits per heavy atom. The molecular weight excluding hydrogens is 493 g/mol. The van der Waals surface area contributed by atoms with Gasteiger partial charge >= 0.3 is 0 Å². The van der Waals surface area contributed by atoms with E-state index in [1.165, 1.54) is 19.3 Å². The average Bonchev–Trinajstić information content (AvgIpc) is 3.20. The predicted molar refractivity (Wildman–Crippen MR) is 131 cm³/mol. The standard InChI is InChI=1S/C22H33N5O2.HI/c1-23-22(25-14-13-24-21(29)18-6-3-2-4-7-18)26-16-17-9-11-19(12-10-17)27-15-5-8-20(27)28;/h9-12,18H,2-8,13-16H2,1H3,(H,24,29)(H2,23,25,26);1H. The molecule has 2 aliphatic rings. The molecule has 1 heterocycles. The highest BCUT2D eigenvalue weighted by Gasteiger charge is 2.21. The van der Waals surface area contributed by atoms with Crippen molar-refractivity contribution in [3.63, 3.8) is 0 Å². The first-order valence-electron chi connectivity index (χ1n) is 10.8. The Morgan fingerprint density at radius 2 is 1.73 bits per heavy atom. The second kappa shape index (κ2) is 12.8. The number of anilines is 1. The first-order chi connectivity index (χ1) is 14.2. The van der Waals surface area contributed by atoms with Gasteiger partial charge in [-0.1, -0.05) is 31.4 Å². The van der Waals surface area contributed by atoms with Gasteiger partial charge < -0.3 is 20.9 Å². The number of halogens is 1. The van der Waals surface area contributed by atoms with Crippen LogP contribution in [0.3, 0.4) is 0 Å². The van der Waals surface area contributed by atoms with Gasteiger partial charge in [0.25, 0.3) is 0 Å². The van der Waals surface area contributed by atoms with Crippen molar-refractivity contribution in [1.82, 2.24) is 16.0 Å². The smallest absolute Gasteiger partial charge is 0.227 e. The molecule has 0 radical (unpaired) electrons. The highest BCUT2D eigenvalue weighted by atomic mass is 127. The largest absolute Gasteiger partial charge is 0.355 e. The van der Waals surface area contributed by atoms with Crippen LogP contribution in [0, 0.1) is 5.92 Å². The predicted octanol–water partition coefficient (Wildman–Crippen LogP) is 2.79. The van der Waals surface area contributed by atoms with E-state index in [1.807, 2.05) is 29.2 Å². The molecule has 1 aliphatic carbocycles. The topological polar surface area (TPSA) is 85.8 Å². The van der Waals surface area contributed by atoms with Gasteiger partial charge in [0, 0.05) is 51.3 Å². The molecule has 0 bridgehead atoms. The van der Waals surface area contributed by atoms with Crippen LogP contribution in [0.4, 0.5) is 5.69 Å². The van der Waals surface area contributed by atoms with Gasteiger partial charge in [0.2, 0.25) is 11.8 Å². The van der Waals surface area contributed by atoms with E-state index in [0.717, 1.165) is 37.1 Å². The number of rotatable bonds is 7. The summed E-state index contributed by atoms with van der Waals surface area (Å²) in [6.07, 6.45) is 7.22. The summed E-state index contributed by atoms with van der Waals surface area (Å²) >= 11 is 0. The molecule has 1 aromatic rings. The third-order valence-corrected chi connectivity index (χ3v) is 5.70. The lowest BCUT2D eigenvalue weighted by Crippen LogP contribution is -2.42. The molecule has 0 aromatic heterocycles. The maximum Gasteiger partial charge on any atom is 0.227 e. The van der Waals surface area contributed by atoms with E-state index in [-0.39, 0.29) is 41.7 Å². The van der Waals surface area contributed by atoms with Gasteiger partial charge in [-0.25, -0.2) is 0 Å². The van der Waals surface area contributed by atoms with E-state index in [0.29, 0.717) is 32.0 Å². The van der Waals surface area contributed by atoms with E-state index in [1.54, 1.807) is 7.05 Å². The number of nitrogens with zero attached hydrogens (tertiary/aromatic N) is 2. The molecule has 1 saturated carbocycles. The number of hydrogen-bond donors (Lipinski definition) is 3. The molecule has 0 atom stereocenters. The third kappa shape index (κ3) is 7.14. The molecule has 0 unspecified atom stereocenters. The fourth-order valence-corrected chi connectivity index (χ4v) is 4.00. The summed E-state index contributed by atoms with van der Waals surface area (Å²) in [5, 5.41) is 9.54. The number of amides is 2. The summed E-state index contributed by atoms with van der Waals surface area (Å²) in [6.45, 7) is 2.68. The maximum atomic E-state index is 12.2. The molecule has 1 saturated heterocycles. The maximum absolute atomic E-state index is 12.2. The number of carbonyl (C=O) groups excluding carboxylic acids is 2. The lowest BCUT2D eigenvalue weighted by Gasteiger charge is -2.21. The Morgan fingerprint density at radius 3 is 2.37 bits per heavy atom. The summed E-state index contributed by atoms with van der Waals surface area (Å²) < 4.78 is 0. The van der Waals surface area contributed by atoms with E-state index >= 15 is 0 Å². The van der Waals surface area contributed by atoms with Crippen LogP contribution < -0.4 is 20.9 Å². The molecule has 2 fully saturated rings. The molecule has 30 heavy (non-hydrogen) atoms. The van der Waals surface area contributed by atoms with Crippen LogP contribution in [0.1, 0.15) is 50.5 Å². The quantitative estimate of drug-likeness (QED) is 0.220. The number of carbonyl (C=O) groups is 2. The second-order valence-corrected chi connectivity index (χ2v) is 7.79. The summed E-state index contributed by atoms with van der Waals surface area (Å²) in [4.78, 5) is 30.1. The van der Waals surface area contributed by atoms with Crippen molar-refractivity contribution >= 4 is 47.4 Å². The van der Waals surface area contributed by atoms with E-state index in [9.17, 15) is 9.59 Å². The number of benzene rings is 1. The van der Waals surface area contributed by atoms with E-state index in [4.69, 9.17) is 0 Å². The normalized spacial score (nSPS) is 17.4. The molecular formula is C22H34IN5O2. The number of nitrogens with one attached hydrogen (secondary N) is 3. The Hall–Kier alpha value is -1.84. The highest BCUT2D eigenvalue weighted by Crippen LogP contribution is 2.23. The summed E-state index contributed by atoms with van der Waals surface area (Å²) in [5.41, 5.74) is 2.08. The Labute approximate surface area is 196 Å². The summed E-state index contributed by atoms with van der Waals surface area (Å²) in [6, 6.07) is 8.06. The first kappa shape index (κ1) is 24.4. The van der Waals surface area contributed by atoms with Crippen molar-refractivity contribution in [2.45, 2.75) is 51.5 Å². The molecule has 1 aliphatic heterocycles. The van der Waals surface area contributed by atoms with Crippen LogP contribution in [0.2, 0.25) is 0 Å². The minimum Gasteiger partial charge on any atom is -0.355 e. The molecule has 2 amide bonds. The molecule has 1 aromatic carbocycles. The van der Waals surface area contributed by atoms with Crippen LogP contribution in [0.5, 0.6) is 0 Å². The molecule has 8 heteroatoms. The minimum atomic E-state index is 0. The van der Waals surface area contributed by atoms with Gasteiger partial charge in [-0.3, -0.25) is 14.6 Å². The monoisotopic (exact) mass is 527 g/mol. The summed E-state index contributed by atoms with van der Waals surface area (Å²) in [7, 11) is 1.73. The van der Waals surface area contributed by atoms with Gasteiger partial charge in [-0.05, 0) is 37.0 Å². The van der Waals surface area contributed by atoms with Gasteiger partial charge in [-0.15, -0.1) is 24.0 Å². The third-order valence-electron chi connectivity index (χ3n) is 5.70.